The van der Waals surface area contributed by atoms with Gasteiger partial charge in [0.2, 0.25) is 0 Å². The van der Waals surface area contributed by atoms with Crippen molar-refractivity contribution >= 4 is 5.91 Å². The van der Waals surface area contributed by atoms with Crippen LogP contribution in [0.2, 0.25) is 0 Å². The van der Waals surface area contributed by atoms with Gasteiger partial charge >= 0.3 is 5.91 Å². The van der Waals surface area contributed by atoms with Gasteiger partial charge in [-0.2, -0.15) is 0 Å². The fourth-order valence-electron chi connectivity index (χ4n) is 2.00. The van der Waals surface area contributed by atoms with Crippen LogP contribution in [-0.2, 0) is 6.61 Å². The maximum absolute atomic E-state index is 11.5. The number of carbonyl (C=O) groups excluding carboxylic acids is 1. The van der Waals surface area contributed by atoms with E-state index in [1.165, 1.54) is 11.8 Å². The van der Waals surface area contributed by atoms with Crippen LogP contribution in [0.1, 0.15) is 47.9 Å². The van der Waals surface area contributed by atoms with Gasteiger partial charge in [0, 0.05) is 5.56 Å². The molecule has 0 saturated heterocycles. The maximum atomic E-state index is 11.5. The van der Waals surface area contributed by atoms with Crippen molar-refractivity contribution in [1.29, 1.82) is 0 Å². The quantitative estimate of drug-likeness (QED) is 0.486. The second-order valence-electron chi connectivity index (χ2n) is 4.92. The van der Waals surface area contributed by atoms with Crippen molar-refractivity contribution < 1.29 is 13.9 Å². The largest absolute Gasteiger partial charge is 0.489 e. The Bertz CT molecular complexity index is 590. The molecule has 1 atom stereocenters. The Morgan fingerprint density at radius 1 is 1.33 bits per heavy atom. The first-order valence-electron chi connectivity index (χ1n) is 6.95. The summed E-state index contributed by atoms with van der Waals surface area (Å²) in [7, 11) is 0. The number of furan rings is 1. The van der Waals surface area contributed by atoms with Crippen molar-refractivity contribution in [3.05, 3.63) is 53.5 Å². The van der Waals surface area contributed by atoms with Crippen molar-refractivity contribution in [1.82, 2.24) is 5.43 Å². The molecule has 1 heterocycles. The summed E-state index contributed by atoms with van der Waals surface area (Å²) in [6.07, 6.45) is 2.54. The molecule has 21 heavy (non-hydrogen) atoms. The van der Waals surface area contributed by atoms with E-state index in [9.17, 15) is 4.79 Å². The summed E-state index contributed by atoms with van der Waals surface area (Å²) >= 11 is 0. The zero-order valence-electron chi connectivity index (χ0n) is 12.3. The minimum Gasteiger partial charge on any atom is -0.489 e. The van der Waals surface area contributed by atoms with Crippen LogP contribution in [0.15, 0.2) is 41.0 Å². The van der Waals surface area contributed by atoms with Gasteiger partial charge in [0.05, 0.1) is 6.26 Å². The van der Waals surface area contributed by atoms with E-state index >= 15 is 0 Å². The van der Waals surface area contributed by atoms with Gasteiger partial charge < -0.3 is 9.15 Å². The summed E-state index contributed by atoms with van der Waals surface area (Å²) in [5, 5.41) is 0. The molecule has 2 rings (SSSR count). The maximum Gasteiger partial charge on any atom is 0.301 e. The molecule has 0 fully saturated rings. The van der Waals surface area contributed by atoms with Crippen molar-refractivity contribution in [3.63, 3.8) is 0 Å². The Morgan fingerprint density at radius 3 is 2.67 bits per heavy atom. The number of amides is 1. The number of benzene rings is 1. The molecule has 2 aromatic rings. The molecule has 5 nitrogen and oxygen atoms in total. The number of rotatable bonds is 6. The first-order chi connectivity index (χ1) is 10.2. The molecule has 0 saturated carbocycles. The number of ether oxygens (including phenoxy) is 1. The van der Waals surface area contributed by atoms with Crippen molar-refractivity contribution in [2.24, 2.45) is 5.84 Å². The summed E-state index contributed by atoms with van der Waals surface area (Å²) in [5.41, 5.74) is 3.99. The Hall–Kier alpha value is -2.27. The summed E-state index contributed by atoms with van der Waals surface area (Å²) in [5.74, 6) is 6.09. The third-order valence-electron chi connectivity index (χ3n) is 3.54. The van der Waals surface area contributed by atoms with E-state index in [2.05, 4.69) is 26.0 Å². The van der Waals surface area contributed by atoms with Crippen LogP contribution >= 0.6 is 0 Å². The highest BCUT2D eigenvalue weighted by atomic mass is 16.5. The Kier molecular flexibility index (Phi) is 5.00. The molecule has 0 aliphatic carbocycles. The summed E-state index contributed by atoms with van der Waals surface area (Å²) in [6.45, 7) is 4.61. The van der Waals surface area contributed by atoms with Gasteiger partial charge in [-0.1, -0.05) is 26.0 Å². The van der Waals surface area contributed by atoms with E-state index in [-0.39, 0.29) is 12.4 Å². The predicted molar refractivity (Wildman–Crippen MR) is 79.8 cm³/mol. The molecule has 1 unspecified atom stereocenters. The van der Waals surface area contributed by atoms with E-state index in [1.807, 2.05) is 17.6 Å². The molecular weight excluding hydrogens is 268 g/mol. The van der Waals surface area contributed by atoms with Crippen LogP contribution in [0.3, 0.4) is 0 Å². The topological polar surface area (TPSA) is 77.5 Å². The summed E-state index contributed by atoms with van der Waals surface area (Å²) < 4.78 is 10.8. The second kappa shape index (κ2) is 6.95. The molecule has 5 heteroatoms. The number of nitrogens with two attached hydrogens (primary N) is 1. The number of hydrazine groups is 1. The summed E-state index contributed by atoms with van der Waals surface area (Å²) in [4.78, 5) is 11.5. The fraction of sp³-hybridized carbons (Fsp3) is 0.312. The molecular formula is C16H20N2O3. The monoisotopic (exact) mass is 288 g/mol. The third-order valence-corrected chi connectivity index (χ3v) is 3.54. The lowest BCUT2D eigenvalue weighted by atomic mass is 9.99. The van der Waals surface area contributed by atoms with E-state index in [0.717, 1.165) is 12.2 Å². The highest BCUT2D eigenvalue weighted by molar-refractivity contribution is 5.92. The molecule has 1 aromatic heterocycles. The fourth-order valence-corrected chi connectivity index (χ4v) is 2.00. The van der Waals surface area contributed by atoms with Gasteiger partial charge in [-0.15, -0.1) is 0 Å². The number of hydrogen-bond acceptors (Lipinski definition) is 4. The average molecular weight is 288 g/mol. The molecule has 1 aromatic carbocycles. The highest BCUT2D eigenvalue weighted by Crippen LogP contribution is 2.22. The smallest absolute Gasteiger partial charge is 0.301 e. The molecule has 0 aliphatic heterocycles. The van der Waals surface area contributed by atoms with Gasteiger partial charge in [-0.3, -0.25) is 10.2 Å². The minimum atomic E-state index is -0.467. The number of nitrogens with one attached hydrogen (secondary N) is 1. The first kappa shape index (κ1) is 15.1. The number of hydrogen-bond donors (Lipinski definition) is 2. The lowest BCUT2D eigenvalue weighted by Gasteiger charge is -2.10. The second-order valence-corrected chi connectivity index (χ2v) is 4.92. The molecule has 0 aliphatic rings. The standard InChI is InChI=1S/C16H20N2O3/c1-3-11(2)12-4-6-14(7-5-12)21-10-13-8-9-20-15(13)16(19)18-17/h4-9,11H,3,10,17H2,1-2H3,(H,18,19). The van der Waals surface area contributed by atoms with Gasteiger partial charge in [0.15, 0.2) is 5.76 Å². The van der Waals surface area contributed by atoms with Crippen LogP contribution in [0.5, 0.6) is 5.75 Å². The Balaban J connectivity index is 2.00. The SMILES string of the molecule is CCC(C)c1ccc(OCc2ccoc2C(=O)NN)cc1. The molecule has 0 spiro atoms. The molecule has 0 radical (unpaired) electrons. The van der Waals surface area contributed by atoms with Gasteiger partial charge in [0.1, 0.15) is 12.4 Å². The van der Waals surface area contributed by atoms with Crippen molar-refractivity contribution in [2.75, 3.05) is 0 Å². The summed E-state index contributed by atoms with van der Waals surface area (Å²) in [6, 6.07) is 9.69. The number of nitrogen functional groups attached to an aromatic ring is 1. The van der Waals surface area contributed by atoms with Crippen LogP contribution in [-0.4, -0.2) is 5.91 Å². The zero-order chi connectivity index (χ0) is 15.2. The average Bonchev–Trinajstić information content (AvgIpc) is 3.00. The van der Waals surface area contributed by atoms with E-state index in [0.29, 0.717) is 11.5 Å². The van der Waals surface area contributed by atoms with Crippen molar-refractivity contribution in [2.45, 2.75) is 32.8 Å². The van der Waals surface area contributed by atoms with Crippen LogP contribution in [0.4, 0.5) is 0 Å². The van der Waals surface area contributed by atoms with Crippen LogP contribution in [0, 0.1) is 0 Å². The lowest BCUT2D eigenvalue weighted by Crippen LogP contribution is -2.30. The minimum absolute atomic E-state index is 0.175. The third kappa shape index (κ3) is 3.64. The van der Waals surface area contributed by atoms with Crippen LogP contribution < -0.4 is 16.0 Å². The van der Waals surface area contributed by atoms with Gasteiger partial charge in [-0.25, -0.2) is 5.84 Å². The van der Waals surface area contributed by atoms with Crippen molar-refractivity contribution in [3.8, 4) is 5.75 Å². The first-order valence-corrected chi connectivity index (χ1v) is 6.95. The van der Waals surface area contributed by atoms with Crippen LogP contribution in [0.25, 0.3) is 0 Å². The van der Waals surface area contributed by atoms with E-state index in [1.54, 1.807) is 6.07 Å². The zero-order valence-corrected chi connectivity index (χ0v) is 12.3. The molecule has 1 amide bonds. The number of carbonyl (C=O) groups is 1. The highest BCUT2D eigenvalue weighted by Gasteiger charge is 2.14. The predicted octanol–water partition coefficient (Wildman–Crippen LogP) is 2.98. The normalized spacial score (nSPS) is 12.0. The van der Waals surface area contributed by atoms with E-state index < -0.39 is 5.91 Å². The molecule has 3 N–H and O–H groups in total. The van der Waals surface area contributed by atoms with Gasteiger partial charge in [0.25, 0.3) is 0 Å². The molecule has 112 valence electrons. The van der Waals surface area contributed by atoms with E-state index in [4.69, 9.17) is 15.0 Å². The lowest BCUT2D eigenvalue weighted by molar-refractivity contribution is 0.0922. The Morgan fingerprint density at radius 2 is 2.05 bits per heavy atom. The van der Waals surface area contributed by atoms with Gasteiger partial charge in [-0.05, 0) is 36.1 Å². The Labute approximate surface area is 124 Å². The molecule has 0 bridgehead atoms.